The first-order valence-corrected chi connectivity index (χ1v) is 13.5. The lowest BCUT2D eigenvalue weighted by Gasteiger charge is -2.30. The van der Waals surface area contributed by atoms with E-state index >= 15 is 0 Å². The van der Waals surface area contributed by atoms with Gasteiger partial charge in [-0.2, -0.15) is 0 Å². The number of thiocarbonyl (C=S) groups is 1. The molecule has 2 fully saturated rings. The van der Waals surface area contributed by atoms with Crippen molar-refractivity contribution < 1.29 is 4.74 Å². The molecular formula is C29H37N5OS. The fourth-order valence-electron chi connectivity index (χ4n) is 5.64. The standard InChI is InChI=1S/C29H37N5OS/c1-4-23-9-11-24(12-10-23)34-21(2)20-25(22(34)3)28-27(26-8-5-6-13-30-26)31-29(36)33(28)15-7-14-32-16-18-35-19-17-32/h5-6,8-13,20,27-28H,4,7,14-19H2,1-3H3,(H,31,36)/t27-,28-/m1/s1. The maximum atomic E-state index is 5.92. The largest absolute Gasteiger partial charge is 0.379 e. The number of rotatable bonds is 8. The van der Waals surface area contributed by atoms with E-state index in [2.05, 4.69) is 82.9 Å². The highest BCUT2D eigenvalue weighted by molar-refractivity contribution is 7.80. The number of morpholine rings is 1. The molecule has 0 radical (unpaired) electrons. The first-order valence-electron chi connectivity index (χ1n) is 13.1. The van der Waals surface area contributed by atoms with Crippen LogP contribution in [0.15, 0.2) is 54.7 Å². The summed E-state index contributed by atoms with van der Waals surface area (Å²) in [5, 5.41) is 4.43. The van der Waals surface area contributed by atoms with Crippen LogP contribution in [0.4, 0.5) is 0 Å². The van der Waals surface area contributed by atoms with E-state index in [1.807, 2.05) is 12.3 Å². The van der Waals surface area contributed by atoms with Crippen LogP contribution >= 0.6 is 12.2 Å². The van der Waals surface area contributed by atoms with Gasteiger partial charge in [-0.25, -0.2) is 0 Å². The molecule has 1 N–H and O–H groups in total. The molecule has 2 aliphatic rings. The van der Waals surface area contributed by atoms with Gasteiger partial charge in [0.2, 0.25) is 0 Å². The molecule has 6 nitrogen and oxygen atoms in total. The molecule has 3 aromatic rings. The molecule has 2 atom stereocenters. The van der Waals surface area contributed by atoms with Crippen molar-refractivity contribution in [3.63, 3.8) is 0 Å². The number of aryl methyl sites for hydroxylation is 2. The van der Waals surface area contributed by atoms with Crippen LogP contribution in [0, 0.1) is 13.8 Å². The van der Waals surface area contributed by atoms with E-state index in [0.717, 1.165) is 63.0 Å². The molecule has 2 aliphatic heterocycles. The van der Waals surface area contributed by atoms with E-state index in [1.54, 1.807) is 0 Å². The zero-order chi connectivity index (χ0) is 25.1. The van der Waals surface area contributed by atoms with Crippen LogP contribution in [0.3, 0.4) is 0 Å². The van der Waals surface area contributed by atoms with E-state index in [-0.39, 0.29) is 12.1 Å². The predicted molar refractivity (Wildman–Crippen MR) is 149 cm³/mol. The Kier molecular flexibility index (Phi) is 7.70. The third-order valence-corrected chi connectivity index (χ3v) is 7.92. The fourth-order valence-corrected chi connectivity index (χ4v) is 5.97. The number of pyridine rings is 1. The summed E-state index contributed by atoms with van der Waals surface area (Å²) in [6.07, 6.45) is 3.98. The molecule has 1 aromatic carbocycles. The van der Waals surface area contributed by atoms with Crippen LogP contribution in [0.5, 0.6) is 0 Å². The fraction of sp³-hybridized carbons (Fsp3) is 0.448. The molecule has 36 heavy (non-hydrogen) atoms. The molecule has 190 valence electrons. The summed E-state index contributed by atoms with van der Waals surface area (Å²) in [4.78, 5) is 9.60. The summed E-state index contributed by atoms with van der Waals surface area (Å²) in [7, 11) is 0. The van der Waals surface area contributed by atoms with Gasteiger partial charge in [0.1, 0.15) is 0 Å². The van der Waals surface area contributed by atoms with E-state index in [4.69, 9.17) is 21.9 Å². The zero-order valence-electron chi connectivity index (χ0n) is 21.6. The van der Waals surface area contributed by atoms with Gasteiger partial charge in [0.25, 0.3) is 0 Å². The molecule has 2 aromatic heterocycles. The van der Waals surface area contributed by atoms with Crippen LogP contribution < -0.4 is 5.32 Å². The minimum absolute atomic E-state index is 0.0125. The average molecular weight is 504 g/mol. The number of hydrogen-bond acceptors (Lipinski definition) is 4. The maximum Gasteiger partial charge on any atom is 0.170 e. The highest BCUT2D eigenvalue weighted by atomic mass is 32.1. The van der Waals surface area contributed by atoms with Crippen molar-refractivity contribution in [2.24, 2.45) is 0 Å². The van der Waals surface area contributed by atoms with Gasteiger partial charge < -0.3 is 19.5 Å². The molecule has 0 spiro atoms. The Hall–Kier alpha value is -2.74. The van der Waals surface area contributed by atoms with Gasteiger partial charge in [0, 0.05) is 49.5 Å². The summed E-state index contributed by atoms with van der Waals surface area (Å²) in [6, 6.07) is 17.5. The number of nitrogens with one attached hydrogen (secondary N) is 1. The van der Waals surface area contributed by atoms with Gasteiger partial charge in [-0.3, -0.25) is 9.88 Å². The Bertz CT molecular complexity index is 1170. The molecule has 7 heteroatoms. The Morgan fingerprint density at radius 2 is 1.83 bits per heavy atom. The van der Waals surface area contributed by atoms with Crippen molar-refractivity contribution in [1.82, 2.24) is 24.7 Å². The summed E-state index contributed by atoms with van der Waals surface area (Å²) in [5.41, 5.74) is 7.38. The highest BCUT2D eigenvalue weighted by Gasteiger charge is 2.41. The molecule has 0 unspecified atom stereocenters. The molecule has 0 saturated carbocycles. The third-order valence-electron chi connectivity index (χ3n) is 7.57. The number of ether oxygens (including phenoxy) is 1. The summed E-state index contributed by atoms with van der Waals surface area (Å²) >= 11 is 5.92. The van der Waals surface area contributed by atoms with Crippen molar-refractivity contribution in [1.29, 1.82) is 0 Å². The summed E-state index contributed by atoms with van der Waals surface area (Å²) in [6.45, 7) is 12.3. The van der Waals surface area contributed by atoms with Crippen LogP contribution in [-0.2, 0) is 11.2 Å². The summed E-state index contributed by atoms with van der Waals surface area (Å²) in [5.74, 6) is 0. The van der Waals surface area contributed by atoms with Crippen molar-refractivity contribution >= 4 is 17.3 Å². The Morgan fingerprint density at radius 1 is 1.06 bits per heavy atom. The minimum Gasteiger partial charge on any atom is -0.379 e. The molecule has 0 aliphatic carbocycles. The Balaban J connectivity index is 1.46. The molecule has 2 saturated heterocycles. The number of nitrogens with zero attached hydrogens (tertiary/aromatic N) is 4. The van der Waals surface area contributed by atoms with Crippen LogP contribution in [-0.4, -0.2) is 63.9 Å². The minimum atomic E-state index is 0.0125. The van der Waals surface area contributed by atoms with Gasteiger partial charge in [-0.05, 0) is 80.4 Å². The van der Waals surface area contributed by atoms with E-state index < -0.39 is 0 Å². The Labute approximate surface area is 220 Å². The van der Waals surface area contributed by atoms with Crippen LogP contribution in [0.25, 0.3) is 5.69 Å². The monoisotopic (exact) mass is 503 g/mol. The number of benzene rings is 1. The van der Waals surface area contributed by atoms with E-state index in [1.165, 1.54) is 28.2 Å². The molecule has 4 heterocycles. The van der Waals surface area contributed by atoms with E-state index in [9.17, 15) is 0 Å². The van der Waals surface area contributed by atoms with E-state index in [0.29, 0.717) is 0 Å². The van der Waals surface area contributed by atoms with Gasteiger partial charge in [-0.1, -0.05) is 25.1 Å². The number of hydrogen-bond donors (Lipinski definition) is 1. The average Bonchev–Trinajstić information content (AvgIpc) is 3.39. The molecule has 0 bridgehead atoms. The Morgan fingerprint density at radius 3 is 2.53 bits per heavy atom. The van der Waals surface area contributed by atoms with Gasteiger partial charge in [-0.15, -0.1) is 0 Å². The van der Waals surface area contributed by atoms with Gasteiger partial charge >= 0.3 is 0 Å². The number of aromatic nitrogens is 2. The first kappa shape index (κ1) is 24.9. The summed E-state index contributed by atoms with van der Waals surface area (Å²) < 4.78 is 7.89. The van der Waals surface area contributed by atoms with Crippen molar-refractivity contribution in [3.8, 4) is 5.69 Å². The third kappa shape index (κ3) is 5.05. The molecule has 5 rings (SSSR count). The van der Waals surface area contributed by atoms with Crippen molar-refractivity contribution in [2.75, 3.05) is 39.4 Å². The normalized spacial score (nSPS) is 20.6. The van der Waals surface area contributed by atoms with Crippen LogP contribution in [0.2, 0.25) is 0 Å². The smallest absolute Gasteiger partial charge is 0.170 e. The second-order valence-electron chi connectivity index (χ2n) is 9.81. The quantitative estimate of drug-likeness (QED) is 0.448. The second kappa shape index (κ2) is 11.1. The van der Waals surface area contributed by atoms with Crippen molar-refractivity contribution in [2.45, 2.75) is 45.7 Å². The van der Waals surface area contributed by atoms with Gasteiger partial charge in [0.05, 0.1) is 31.0 Å². The second-order valence-corrected chi connectivity index (χ2v) is 10.2. The van der Waals surface area contributed by atoms with Gasteiger partial charge in [0.15, 0.2) is 5.11 Å². The first-order chi connectivity index (χ1) is 17.6. The predicted octanol–water partition coefficient (Wildman–Crippen LogP) is 4.75. The zero-order valence-corrected chi connectivity index (χ0v) is 22.4. The SMILES string of the molecule is CCc1ccc(-n2c(C)cc([C@@H]3[C@@H](c4ccccn4)NC(=S)N3CCCN3CCOCC3)c2C)cc1. The molecular weight excluding hydrogens is 466 g/mol. The van der Waals surface area contributed by atoms with Crippen LogP contribution in [0.1, 0.15) is 53.6 Å². The lowest BCUT2D eigenvalue weighted by molar-refractivity contribution is 0.0365. The maximum absolute atomic E-state index is 5.92. The van der Waals surface area contributed by atoms with Crippen molar-refractivity contribution in [3.05, 3.63) is 82.9 Å². The lowest BCUT2D eigenvalue weighted by Crippen LogP contribution is -2.39. The topological polar surface area (TPSA) is 45.6 Å². The lowest BCUT2D eigenvalue weighted by atomic mass is 9.96. The molecule has 0 amide bonds. The highest BCUT2D eigenvalue weighted by Crippen LogP contribution is 2.41.